The van der Waals surface area contributed by atoms with Gasteiger partial charge in [0, 0.05) is 11.3 Å². The smallest absolute Gasteiger partial charge is 0.0314 e. The van der Waals surface area contributed by atoms with Gasteiger partial charge in [-0.3, -0.25) is 0 Å². The monoisotopic (exact) mass is 244 g/mol. The first-order chi connectivity index (χ1) is 8.71. The fourth-order valence-corrected chi connectivity index (χ4v) is 2.04. The lowest BCUT2D eigenvalue weighted by molar-refractivity contribution is 0.301. The second kappa shape index (κ2) is 7.75. The Morgan fingerprint density at radius 1 is 1.22 bits per heavy atom. The Hall–Kier alpha value is -1.50. The summed E-state index contributed by atoms with van der Waals surface area (Å²) in [4.78, 5) is 2.43. The number of nitrogens with two attached hydrogens (primary N) is 1. The molecule has 98 valence electrons. The lowest BCUT2D eigenvalue weighted by atomic mass is 10.0. The molecule has 0 radical (unpaired) electrons. The topological polar surface area (TPSA) is 29.3 Å². The molecule has 1 rings (SSSR count). The largest absolute Gasteiger partial charge is 0.399 e. The summed E-state index contributed by atoms with van der Waals surface area (Å²) in [6, 6.07) is 7.94. The molecule has 0 fully saturated rings. The summed E-state index contributed by atoms with van der Waals surface area (Å²) in [5.41, 5.74) is 11.9. The summed E-state index contributed by atoms with van der Waals surface area (Å²) in [5, 5.41) is 0. The fourth-order valence-electron chi connectivity index (χ4n) is 2.04. The number of benzene rings is 1. The van der Waals surface area contributed by atoms with E-state index in [4.69, 9.17) is 5.73 Å². The molecule has 0 spiro atoms. The van der Waals surface area contributed by atoms with Crippen molar-refractivity contribution in [3.05, 3.63) is 42.1 Å². The first-order valence-electron chi connectivity index (χ1n) is 6.68. The van der Waals surface area contributed by atoms with E-state index in [0.29, 0.717) is 0 Å². The van der Waals surface area contributed by atoms with Crippen LogP contribution in [-0.4, -0.2) is 24.5 Å². The zero-order valence-corrected chi connectivity index (χ0v) is 11.6. The number of nitrogens with zero attached hydrogens (tertiary/aromatic N) is 1. The van der Waals surface area contributed by atoms with Crippen molar-refractivity contribution in [3.8, 4) is 0 Å². The zero-order valence-electron chi connectivity index (χ0n) is 11.6. The van der Waals surface area contributed by atoms with Crippen molar-refractivity contribution in [1.82, 2.24) is 4.90 Å². The van der Waals surface area contributed by atoms with Gasteiger partial charge in [0.25, 0.3) is 0 Å². The molecular formula is C16H24N2. The Morgan fingerprint density at radius 3 is 2.33 bits per heavy atom. The van der Waals surface area contributed by atoms with Crippen LogP contribution < -0.4 is 5.73 Å². The molecule has 2 heteroatoms. The van der Waals surface area contributed by atoms with Crippen LogP contribution in [0.15, 0.2) is 36.6 Å². The Bertz CT molecular complexity index is 396. The minimum atomic E-state index is 0.797. The van der Waals surface area contributed by atoms with E-state index in [0.717, 1.165) is 38.2 Å². The van der Waals surface area contributed by atoms with Crippen LogP contribution >= 0.6 is 0 Å². The first kappa shape index (κ1) is 14.6. The van der Waals surface area contributed by atoms with E-state index in [1.165, 1.54) is 11.1 Å². The molecule has 0 heterocycles. The zero-order chi connectivity index (χ0) is 13.4. The molecule has 0 bridgehead atoms. The molecule has 0 aliphatic heterocycles. The molecule has 0 aliphatic carbocycles. The van der Waals surface area contributed by atoms with Crippen molar-refractivity contribution in [1.29, 1.82) is 0 Å². The molecule has 0 saturated carbocycles. The van der Waals surface area contributed by atoms with E-state index in [9.17, 15) is 0 Å². The summed E-state index contributed by atoms with van der Waals surface area (Å²) >= 11 is 0. The van der Waals surface area contributed by atoms with E-state index in [1.807, 2.05) is 24.3 Å². The Kier molecular flexibility index (Phi) is 6.27. The molecule has 1 aromatic carbocycles. The number of allylic oxidation sites excluding steroid dienone is 1. The maximum Gasteiger partial charge on any atom is 0.0314 e. The van der Waals surface area contributed by atoms with E-state index < -0.39 is 0 Å². The van der Waals surface area contributed by atoms with Crippen LogP contribution in [0.2, 0.25) is 0 Å². The van der Waals surface area contributed by atoms with Gasteiger partial charge in [0.05, 0.1) is 0 Å². The highest BCUT2D eigenvalue weighted by Gasteiger charge is 2.03. The van der Waals surface area contributed by atoms with Gasteiger partial charge in [0.1, 0.15) is 0 Å². The number of nitrogen functional groups attached to an aromatic ring is 1. The number of hydrogen-bond donors (Lipinski definition) is 1. The van der Waals surface area contributed by atoms with E-state index in [-0.39, 0.29) is 0 Å². The summed E-state index contributed by atoms with van der Waals surface area (Å²) in [5.74, 6) is 0. The molecule has 2 N–H and O–H groups in total. The van der Waals surface area contributed by atoms with Crippen molar-refractivity contribution in [2.24, 2.45) is 0 Å². The molecule has 0 aliphatic rings. The molecule has 0 atom stereocenters. The third-order valence-electron chi connectivity index (χ3n) is 3.27. The van der Waals surface area contributed by atoms with Gasteiger partial charge in [-0.15, -0.1) is 5.73 Å². The van der Waals surface area contributed by atoms with Gasteiger partial charge in [0.2, 0.25) is 0 Å². The molecule has 0 amide bonds. The average Bonchev–Trinajstić information content (AvgIpc) is 2.41. The highest BCUT2D eigenvalue weighted by Crippen LogP contribution is 2.19. The van der Waals surface area contributed by atoms with Gasteiger partial charge in [0.15, 0.2) is 0 Å². The average molecular weight is 244 g/mol. The molecule has 0 unspecified atom stereocenters. The normalized spacial score (nSPS) is 10.4. The molecule has 0 saturated heterocycles. The molecule has 18 heavy (non-hydrogen) atoms. The van der Waals surface area contributed by atoms with Crippen LogP contribution in [0, 0.1) is 0 Å². The molecule has 2 nitrogen and oxygen atoms in total. The number of rotatable bonds is 7. The van der Waals surface area contributed by atoms with Crippen molar-refractivity contribution >= 4 is 11.3 Å². The predicted molar refractivity (Wildman–Crippen MR) is 80.4 cm³/mol. The van der Waals surface area contributed by atoms with Crippen LogP contribution in [-0.2, 0) is 0 Å². The van der Waals surface area contributed by atoms with Crippen LogP contribution in [0.1, 0.15) is 32.3 Å². The maximum absolute atomic E-state index is 5.69. The summed E-state index contributed by atoms with van der Waals surface area (Å²) in [6.45, 7) is 11.6. The van der Waals surface area contributed by atoms with Crippen LogP contribution in [0.3, 0.4) is 0 Å². The lowest BCUT2D eigenvalue weighted by Gasteiger charge is -2.17. The van der Waals surface area contributed by atoms with Crippen molar-refractivity contribution in [2.45, 2.75) is 26.7 Å². The van der Waals surface area contributed by atoms with E-state index in [2.05, 4.69) is 31.1 Å². The first-order valence-corrected chi connectivity index (χ1v) is 6.68. The Balaban J connectivity index is 2.54. The minimum Gasteiger partial charge on any atom is -0.399 e. The third kappa shape index (κ3) is 4.40. The van der Waals surface area contributed by atoms with Crippen molar-refractivity contribution < 1.29 is 0 Å². The number of hydrogen-bond acceptors (Lipinski definition) is 2. The van der Waals surface area contributed by atoms with E-state index in [1.54, 1.807) is 0 Å². The van der Waals surface area contributed by atoms with Crippen LogP contribution in [0.5, 0.6) is 0 Å². The highest BCUT2D eigenvalue weighted by atomic mass is 15.1. The van der Waals surface area contributed by atoms with Gasteiger partial charge in [-0.25, -0.2) is 0 Å². The van der Waals surface area contributed by atoms with E-state index >= 15 is 0 Å². The molecule has 1 aromatic rings. The van der Waals surface area contributed by atoms with Gasteiger partial charge in [-0.1, -0.05) is 32.6 Å². The Morgan fingerprint density at radius 2 is 1.83 bits per heavy atom. The van der Waals surface area contributed by atoms with Gasteiger partial charge in [-0.2, -0.15) is 0 Å². The van der Waals surface area contributed by atoms with Crippen molar-refractivity contribution in [2.75, 3.05) is 25.4 Å². The Labute approximate surface area is 111 Å². The SMILES string of the molecule is C=C=C(CCCN(CC)CC)c1ccc(N)cc1. The van der Waals surface area contributed by atoms with Crippen LogP contribution in [0.25, 0.3) is 5.57 Å². The van der Waals surface area contributed by atoms with Crippen LogP contribution in [0.4, 0.5) is 5.69 Å². The predicted octanol–water partition coefficient (Wildman–Crippen LogP) is 3.56. The second-order valence-corrected chi connectivity index (χ2v) is 4.41. The standard InChI is InChI=1S/C16H24N2/c1-4-14(8-7-13-18(5-2)6-3)15-9-11-16(17)12-10-15/h9-12H,1,5-8,13,17H2,2-3H3. The fraction of sp³-hybridized carbons (Fsp3) is 0.438. The minimum absolute atomic E-state index is 0.797. The third-order valence-corrected chi connectivity index (χ3v) is 3.27. The van der Waals surface area contributed by atoms with Gasteiger partial charge >= 0.3 is 0 Å². The summed E-state index contributed by atoms with van der Waals surface area (Å²) in [6.07, 6.45) is 2.16. The number of anilines is 1. The highest BCUT2D eigenvalue weighted by molar-refractivity contribution is 5.66. The quantitative estimate of drug-likeness (QED) is 0.587. The van der Waals surface area contributed by atoms with Gasteiger partial charge < -0.3 is 10.6 Å². The lowest BCUT2D eigenvalue weighted by Crippen LogP contribution is -2.23. The molecular weight excluding hydrogens is 220 g/mol. The summed E-state index contributed by atoms with van der Waals surface area (Å²) in [7, 11) is 0. The molecule has 0 aromatic heterocycles. The second-order valence-electron chi connectivity index (χ2n) is 4.41. The summed E-state index contributed by atoms with van der Waals surface area (Å²) < 4.78 is 0. The van der Waals surface area contributed by atoms with Crippen molar-refractivity contribution in [3.63, 3.8) is 0 Å². The van der Waals surface area contributed by atoms with Gasteiger partial charge in [-0.05, 0) is 50.2 Å². The maximum atomic E-state index is 5.69.